The second-order valence-electron chi connectivity index (χ2n) is 6.91. The van der Waals surface area contributed by atoms with Gasteiger partial charge in [-0.3, -0.25) is 4.79 Å². The van der Waals surface area contributed by atoms with Crippen molar-refractivity contribution in [3.05, 3.63) is 27.5 Å². The van der Waals surface area contributed by atoms with Gasteiger partial charge in [0, 0.05) is 36.5 Å². The summed E-state index contributed by atoms with van der Waals surface area (Å²) in [6.07, 6.45) is 3.85. The van der Waals surface area contributed by atoms with Crippen LogP contribution in [0.3, 0.4) is 0 Å². The van der Waals surface area contributed by atoms with E-state index in [1.54, 1.807) is 16.2 Å². The Kier molecular flexibility index (Phi) is 3.88. The van der Waals surface area contributed by atoms with Gasteiger partial charge in [-0.2, -0.15) is 15.4 Å². The maximum absolute atomic E-state index is 12.7. The lowest BCUT2D eigenvalue weighted by Gasteiger charge is -2.37. The zero-order chi connectivity index (χ0) is 16.7. The highest BCUT2D eigenvalue weighted by atomic mass is 32.1. The molecular weight excluding hydrogens is 326 g/mol. The minimum atomic E-state index is -0.774. The van der Waals surface area contributed by atoms with Crippen LogP contribution in [-0.2, 0) is 6.42 Å². The highest BCUT2D eigenvalue weighted by Crippen LogP contribution is 2.40. The predicted molar refractivity (Wildman–Crippen MR) is 89.0 cm³/mol. The molecule has 0 spiro atoms. The Labute approximate surface area is 144 Å². The smallest absolute Gasteiger partial charge is 0.276 e. The molecule has 1 aliphatic heterocycles. The molecule has 4 rings (SSSR count). The van der Waals surface area contributed by atoms with E-state index in [1.165, 1.54) is 0 Å². The van der Waals surface area contributed by atoms with Gasteiger partial charge in [0.25, 0.3) is 5.91 Å². The largest absolute Gasteiger partial charge is 0.389 e. The predicted octanol–water partition coefficient (Wildman–Crippen LogP) is 1.66. The van der Waals surface area contributed by atoms with E-state index in [-0.39, 0.29) is 5.91 Å². The van der Waals surface area contributed by atoms with Crippen molar-refractivity contribution in [3.8, 4) is 0 Å². The summed E-state index contributed by atoms with van der Waals surface area (Å²) in [5, 5.41) is 24.6. The first kappa shape index (κ1) is 15.7. The fraction of sp³-hybridized carbons (Fsp3) is 0.625. The normalized spacial score (nSPS) is 20.3. The number of aromatic nitrogens is 4. The third-order valence-electron chi connectivity index (χ3n) is 4.87. The molecule has 1 saturated carbocycles. The Bertz CT molecular complexity index is 743. The van der Waals surface area contributed by atoms with Crippen molar-refractivity contribution < 1.29 is 9.90 Å². The second kappa shape index (κ2) is 5.93. The van der Waals surface area contributed by atoms with Gasteiger partial charge in [-0.25, -0.2) is 4.98 Å². The van der Waals surface area contributed by atoms with E-state index in [9.17, 15) is 9.90 Å². The summed E-state index contributed by atoms with van der Waals surface area (Å²) >= 11 is 1.58. The Morgan fingerprint density at radius 1 is 1.42 bits per heavy atom. The number of carbonyl (C=O) groups is 1. The van der Waals surface area contributed by atoms with Crippen molar-refractivity contribution >= 4 is 17.2 Å². The first-order valence-electron chi connectivity index (χ1n) is 8.37. The molecule has 3 heterocycles. The lowest BCUT2D eigenvalue weighted by molar-refractivity contribution is -0.0164. The van der Waals surface area contributed by atoms with Crippen LogP contribution >= 0.6 is 11.3 Å². The van der Waals surface area contributed by atoms with Crippen LogP contribution < -0.4 is 0 Å². The van der Waals surface area contributed by atoms with Crippen molar-refractivity contribution in [3.63, 3.8) is 0 Å². The number of carbonyl (C=O) groups excluding carboxylic acids is 1. The first-order valence-corrected chi connectivity index (χ1v) is 9.25. The summed E-state index contributed by atoms with van der Waals surface area (Å²) in [5.41, 5.74) is 1.48. The van der Waals surface area contributed by atoms with Crippen LogP contribution in [0.25, 0.3) is 0 Å². The van der Waals surface area contributed by atoms with Crippen LogP contribution in [-0.4, -0.2) is 55.0 Å². The van der Waals surface area contributed by atoms with E-state index in [1.807, 2.05) is 12.3 Å². The number of aliphatic hydroxyl groups is 1. The minimum absolute atomic E-state index is 0.0715. The van der Waals surface area contributed by atoms with Gasteiger partial charge in [-0.15, -0.1) is 11.3 Å². The van der Waals surface area contributed by atoms with Crippen LogP contribution in [0.1, 0.15) is 58.5 Å². The molecule has 2 fully saturated rings. The second-order valence-corrected chi connectivity index (χ2v) is 7.85. The number of rotatable bonds is 4. The summed E-state index contributed by atoms with van der Waals surface area (Å²) in [4.78, 5) is 18.9. The number of aryl methyl sites for hydroxylation is 1. The quantitative estimate of drug-likeness (QED) is 0.877. The van der Waals surface area contributed by atoms with Gasteiger partial charge in [0.1, 0.15) is 0 Å². The van der Waals surface area contributed by atoms with Gasteiger partial charge in [0.05, 0.1) is 16.3 Å². The molecule has 1 aliphatic carbocycles. The van der Waals surface area contributed by atoms with Crippen LogP contribution in [0.5, 0.6) is 0 Å². The SMILES string of the molecule is Cc1csc(CC2(O)CCN(C(=O)c3n[nH]nc3C3CC3)CC2)n1. The number of hydrogen-bond donors (Lipinski definition) is 2. The summed E-state index contributed by atoms with van der Waals surface area (Å²) in [6, 6.07) is 0. The van der Waals surface area contributed by atoms with E-state index < -0.39 is 5.60 Å². The lowest BCUT2D eigenvalue weighted by atomic mass is 9.88. The molecule has 2 N–H and O–H groups in total. The molecule has 2 aromatic rings. The third kappa shape index (κ3) is 3.08. The van der Waals surface area contributed by atoms with E-state index >= 15 is 0 Å². The van der Waals surface area contributed by atoms with Crippen molar-refractivity contribution in [2.75, 3.05) is 13.1 Å². The average molecular weight is 347 g/mol. The van der Waals surface area contributed by atoms with Crippen molar-refractivity contribution in [2.24, 2.45) is 0 Å². The number of piperidine rings is 1. The maximum Gasteiger partial charge on any atom is 0.276 e. The topological polar surface area (TPSA) is 95.0 Å². The van der Waals surface area contributed by atoms with Crippen LogP contribution in [0.15, 0.2) is 5.38 Å². The summed E-state index contributed by atoms with van der Waals surface area (Å²) in [5.74, 6) is 0.315. The number of aromatic amines is 1. The zero-order valence-electron chi connectivity index (χ0n) is 13.7. The van der Waals surface area contributed by atoms with Gasteiger partial charge >= 0.3 is 0 Å². The van der Waals surface area contributed by atoms with Gasteiger partial charge in [-0.1, -0.05) is 0 Å². The van der Waals surface area contributed by atoms with Crippen LogP contribution in [0, 0.1) is 6.92 Å². The zero-order valence-corrected chi connectivity index (χ0v) is 14.5. The number of nitrogens with zero attached hydrogens (tertiary/aromatic N) is 4. The standard InChI is InChI=1S/C16H21N5O2S/c1-10-9-24-12(17-10)8-16(23)4-6-21(7-5-16)15(22)14-13(11-2-3-11)18-20-19-14/h9,11,23H,2-8H2,1H3,(H,18,19,20). The van der Waals surface area contributed by atoms with Crippen LogP contribution in [0.2, 0.25) is 0 Å². The Morgan fingerprint density at radius 2 is 2.17 bits per heavy atom. The van der Waals surface area contributed by atoms with Gasteiger partial charge in [0.15, 0.2) is 5.69 Å². The molecule has 7 nitrogen and oxygen atoms in total. The van der Waals surface area contributed by atoms with Gasteiger partial charge in [-0.05, 0) is 32.6 Å². The molecule has 128 valence electrons. The highest BCUT2D eigenvalue weighted by Gasteiger charge is 2.38. The molecule has 24 heavy (non-hydrogen) atoms. The average Bonchev–Trinajstić information content (AvgIpc) is 3.15. The van der Waals surface area contributed by atoms with Crippen LogP contribution in [0.4, 0.5) is 0 Å². The molecule has 0 unspecified atom stereocenters. The number of thiazole rings is 1. The first-order chi connectivity index (χ1) is 11.5. The fourth-order valence-electron chi connectivity index (χ4n) is 3.26. The Morgan fingerprint density at radius 3 is 2.79 bits per heavy atom. The molecule has 2 aromatic heterocycles. The molecule has 0 bridgehead atoms. The molecule has 8 heteroatoms. The monoisotopic (exact) mass is 347 g/mol. The summed E-state index contributed by atoms with van der Waals surface area (Å²) in [7, 11) is 0. The van der Waals surface area contributed by atoms with Crippen molar-refractivity contribution in [2.45, 2.75) is 50.5 Å². The maximum atomic E-state index is 12.7. The fourth-order valence-corrected chi connectivity index (χ4v) is 4.16. The van der Waals surface area contributed by atoms with E-state index in [0.29, 0.717) is 44.0 Å². The number of amides is 1. The molecule has 1 amide bonds. The van der Waals surface area contributed by atoms with E-state index in [2.05, 4.69) is 20.4 Å². The molecule has 0 radical (unpaired) electrons. The minimum Gasteiger partial charge on any atom is -0.389 e. The number of hydrogen-bond acceptors (Lipinski definition) is 6. The molecule has 0 aromatic carbocycles. The summed E-state index contributed by atoms with van der Waals surface area (Å²) < 4.78 is 0. The van der Waals surface area contributed by atoms with Gasteiger partial charge < -0.3 is 10.0 Å². The molecule has 1 saturated heterocycles. The number of H-pyrrole nitrogens is 1. The molecule has 0 atom stereocenters. The third-order valence-corrected chi connectivity index (χ3v) is 5.84. The van der Waals surface area contributed by atoms with Crippen molar-refractivity contribution in [1.82, 2.24) is 25.3 Å². The Hall–Kier alpha value is -1.80. The Balaban J connectivity index is 1.40. The number of likely N-dealkylation sites (tertiary alicyclic amines) is 1. The van der Waals surface area contributed by atoms with Crippen molar-refractivity contribution in [1.29, 1.82) is 0 Å². The van der Waals surface area contributed by atoms with E-state index in [0.717, 1.165) is 29.2 Å². The molecule has 2 aliphatic rings. The van der Waals surface area contributed by atoms with E-state index in [4.69, 9.17) is 0 Å². The summed E-state index contributed by atoms with van der Waals surface area (Å²) in [6.45, 7) is 3.04. The molecular formula is C16H21N5O2S. The van der Waals surface area contributed by atoms with Gasteiger partial charge in [0.2, 0.25) is 0 Å². The number of nitrogens with one attached hydrogen (secondary N) is 1. The lowest BCUT2D eigenvalue weighted by Crippen LogP contribution is -2.48. The highest BCUT2D eigenvalue weighted by molar-refractivity contribution is 7.09.